The topological polar surface area (TPSA) is 84.9 Å². The number of hydrogen-bond donors (Lipinski definition) is 1. The van der Waals surface area contributed by atoms with Gasteiger partial charge in [0.15, 0.2) is 0 Å². The molecule has 1 amide bonds. The number of ether oxygens (including phenoxy) is 2. The maximum Gasteiger partial charge on any atom is 0.247 e. The van der Waals surface area contributed by atoms with Crippen LogP contribution in [-0.2, 0) is 26.0 Å². The van der Waals surface area contributed by atoms with Gasteiger partial charge in [0, 0.05) is 20.2 Å². The number of aryl methyl sites for hydroxylation is 1. The number of hydrogen-bond acceptors (Lipinski definition) is 5. The van der Waals surface area contributed by atoms with Crippen molar-refractivity contribution in [2.45, 2.75) is 18.2 Å². The molecule has 7 nitrogen and oxygen atoms in total. The summed E-state index contributed by atoms with van der Waals surface area (Å²) in [6.07, 6.45) is 0.486. The van der Waals surface area contributed by atoms with Crippen molar-refractivity contribution in [2.24, 2.45) is 0 Å². The quantitative estimate of drug-likeness (QED) is 0.562. The Morgan fingerprint density at radius 1 is 1.10 bits per heavy atom. The van der Waals surface area contributed by atoms with Gasteiger partial charge < -0.3 is 14.8 Å². The molecule has 0 bridgehead atoms. The Kier molecular flexibility index (Phi) is 8.63. The molecule has 0 aliphatic carbocycles. The van der Waals surface area contributed by atoms with E-state index in [4.69, 9.17) is 9.47 Å². The molecule has 0 aliphatic heterocycles. The zero-order chi connectivity index (χ0) is 21.3. The van der Waals surface area contributed by atoms with E-state index in [1.54, 1.807) is 18.2 Å². The fourth-order valence-electron chi connectivity index (χ4n) is 2.82. The SMILES string of the molecule is COCCNC(=O)CN(CCc1ccccc1)S(=O)(=O)c1cc(C)ccc1OC. The average Bonchev–Trinajstić information content (AvgIpc) is 2.72. The van der Waals surface area contributed by atoms with Crippen molar-refractivity contribution >= 4 is 15.9 Å². The van der Waals surface area contributed by atoms with Gasteiger partial charge in [0.1, 0.15) is 10.6 Å². The molecule has 0 heterocycles. The van der Waals surface area contributed by atoms with Crippen LogP contribution in [0.3, 0.4) is 0 Å². The molecule has 2 aromatic carbocycles. The van der Waals surface area contributed by atoms with Gasteiger partial charge in [-0.25, -0.2) is 8.42 Å². The van der Waals surface area contributed by atoms with Crippen molar-refractivity contribution in [1.29, 1.82) is 0 Å². The molecule has 0 unspecified atom stereocenters. The monoisotopic (exact) mass is 420 g/mol. The Morgan fingerprint density at radius 3 is 2.48 bits per heavy atom. The average molecular weight is 421 g/mol. The van der Waals surface area contributed by atoms with Gasteiger partial charge in [0.25, 0.3) is 0 Å². The summed E-state index contributed by atoms with van der Waals surface area (Å²) >= 11 is 0. The predicted octanol–water partition coefficient (Wildman–Crippen LogP) is 2.00. The Balaban J connectivity index is 2.29. The summed E-state index contributed by atoms with van der Waals surface area (Å²) in [5.74, 6) is -0.134. The lowest BCUT2D eigenvalue weighted by molar-refractivity contribution is -0.121. The van der Waals surface area contributed by atoms with Gasteiger partial charge >= 0.3 is 0 Å². The number of sulfonamides is 1. The van der Waals surface area contributed by atoms with E-state index in [-0.39, 0.29) is 29.6 Å². The van der Waals surface area contributed by atoms with E-state index in [0.29, 0.717) is 19.6 Å². The molecule has 0 atom stereocenters. The first-order valence-electron chi connectivity index (χ1n) is 9.33. The van der Waals surface area contributed by atoms with Crippen molar-refractivity contribution < 1.29 is 22.7 Å². The molecular formula is C21H28N2O5S. The van der Waals surface area contributed by atoms with Gasteiger partial charge in [-0.1, -0.05) is 36.4 Å². The Labute approximate surface area is 172 Å². The summed E-state index contributed by atoms with van der Waals surface area (Å²) in [5.41, 5.74) is 1.78. The number of benzene rings is 2. The van der Waals surface area contributed by atoms with Crippen LogP contribution in [0.2, 0.25) is 0 Å². The zero-order valence-corrected chi connectivity index (χ0v) is 17.9. The summed E-state index contributed by atoms with van der Waals surface area (Å²) in [6, 6.07) is 14.5. The molecule has 158 valence electrons. The number of rotatable bonds is 11. The molecule has 2 aromatic rings. The second-order valence-electron chi connectivity index (χ2n) is 6.57. The highest BCUT2D eigenvalue weighted by Gasteiger charge is 2.29. The van der Waals surface area contributed by atoms with E-state index in [0.717, 1.165) is 11.1 Å². The third-order valence-corrected chi connectivity index (χ3v) is 6.24. The summed E-state index contributed by atoms with van der Waals surface area (Å²) in [6.45, 7) is 2.37. The van der Waals surface area contributed by atoms with E-state index >= 15 is 0 Å². The fourth-order valence-corrected chi connectivity index (χ4v) is 4.45. The maximum atomic E-state index is 13.4. The second kappa shape index (κ2) is 10.9. The van der Waals surface area contributed by atoms with Crippen molar-refractivity contribution in [3.8, 4) is 5.75 Å². The van der Waals surface area contributed by atoms with Gasteiger partial charge in [-0.3, -0.25) is 4.79 Å². The van der Waals surface area contributed by atoms with Crippen LogP contribution in [0.5, 0.6) is 5.75 Å². The van der Waals surface area contributed by atoms with E-state index in [2.05, 4.69) is 5.32 Å². The van der Waals surface area contributed by atoms with E-state index in [9.17, 15) is 13.2 Å². The lowest BCUT2D eigenvalue weighted by Gasteiger charge is -2.23. The number of amides is 1. The molecular weight excluding hydrogens is 392 g/mol. The molecule has 0 spiro atoms. The molecule has 1 N–H and O–H groups in total. The first-order chi connectivity index (χ1) is 13.9. The summed E-state index contributed by atoms with van der Waals surface area (Å²) in [4.78, 5) is 12.4. The number of nitrogens with one attached hydrogen (secondary N) is 1. The molecule has 0 aromatic heterocycles. The maximum absolute atomic E-state index is 13.4. The second-order valence-corrected chi connectivity index (χ2v) is 8.48. The van der Waals surface area contributed by atoms with Crippen LogP contribution in [0.4, 0.5) is 0 Å². The number of nitrogens with zero attached hydrogens (tertiary/aromatic N) is 1. The van der Waals surface area contributed by atoms with Crippen molar-refractivity contribution in [1.82, 2.24) is 9.62 Å². The summed E-state index contributed by atoms with van der Waals surface area (Å²) < 4.78 is 38.2. The van der Waals surface area contributed by atoms with Crippen LogP contribution < -0.4 is 10.1 Å². The van der Waals surface area contributed by atoms with E-state index < -0.39 is 10.0 Å². The standard InChI is InChI=1S/C21H28N2O5S/c1-17-9-10-19(28-3)20(15-17)29(25,26)23(16-21(24)22-12-14-27-2)13-11-18-7-5-4-6-8-18/h4-10,15H,11-14,16H2,1-3H3,(H,22,24). The molecule has 0 saturated heterocycles. The normalized spacial score (nSPS) is 11.4. The highest BCUT2D eigenvalue weighted by Crippen LogP contribution is 2.28. The Morgan fingerprint density at radius 2 is 1.83 bits per heavy atom. The first-order valence-corrected chi connectivity index (χ1v) is 10.8. The number of carbonyl (C=O) groups is 1. The molecule has 8 heteroatoms. The Bertz CT molecular complexity index is 901. The number of methoxy groups -OCH3 is 2. The lowest BCUT2D eigenvalue weighted by Crippen LogP contribution is -2.42. The van der Waals surface area contributed by atoms with Crippen LogP contribution in [0.15, 0.2) is 53.4 Å². The van der Waals surface area contributed by atoms with Crippen molar-refractivity contribution in [3.05, 3.63) is 59.7 Å². The predicted molar refractivity (Wildman–Crippen MR) is 112 cm³/mol. The van der Waals surface area contributed by atoms with Gasteiger partial charge in [0.2, 0.25) is 15.9 Å². The molecule has 0 radical (unpaired) electrons. The van der Waals surface area contributed by atoms with Gasteiger partial charge in [-0.2, -0.15) is 4.31 Å². The Hall–Kier alpha value is -2.42. The lowest BCUT2D eigenvalue weighted by atomic mass is 10.1. The third-order valence-electron chi connectivity index (χ3n) is 4.38. The van der Waals surface area contributed by atoms with Crippen LogP contribution in [0.1, 0.15) is 11.1 Å². The molecule has 2 rings (SSSR count). The highest BCUT2D eigenvalue weighted by atomic mass is 32.2. The number of carbonyl (C=O) groups excluding carboxylic acids is 1. The molecule has 0 saturated carbocycles. The van der Waals surface area contributed by atoms with Gasteiger partial charge in [0.05, 0.1) is 20.3 Å². The van der Waals surface area contributed by atoms with Gasteiger partial charge in [-0.15, -0.1) is 0 Å². The van der Waals surface area contributed by atoms with E-state index in [1.165, 1.54) is 18.5 Å². The van der Waals surface area contributed by atoms with Crippen LogP contribution in [0, 0.1) is 6.92 Å². The molecule has 0 fully saturated rings. The van der Waals surface area contributed by atoms with Crippen LogP contribution in [-0.4, -0.2) is 59.1 Å². The zero-order valence-electron chi connectivity index (χ0n) is 17.1. The third kappa shape index (κ3) is 6.56. The van der Waals surface area contributed by atoms with Crippen LogP contribution in [0.25, 0.3) is 0 Å². The van der Waals surface area contributed by atoms with E-state index in [1.807, 2.05) is 37.3 Å². The van der Waals surface area contributed by atoms with Gasteiger partial charge in [-0.05, 0) is 36.6 Å². The molecule has 29 heavy (non-hydrogen) atoms. The van der Waals surface area contributed by atoms with Crippen LogP contribution >= 0.6 is 0 Å². The summed E-state index contributed by atoms with van der Waals surface area (Å²) in [5, 5.41) is 2.67. The van der Waals surface area contributed by atoms with Crippen molar-refractivity contribution in [3.63, 3.8) is 0 Å². The first kappa shape index (κ1) is 22.9. The highest BCUT2D eigenvalue weighted by molar-refractivity contribution is 7.89. The fraction of sp³-hybridized carbons (Fsp3) is 0.381. The van der Waals surface area contributed by atoms with Crippen molar-refractivity contribution in [2.75, 3.05) is 40.5 Å². The smallest absolute Gasteiger partial charge is 0.247 e. The minimum Gasteiger partial charge on any atom is -0.495 e. The minimum atomic E-state index is -3.95. The minimum absolute atomic E-state index is 0.0535. The summed E-state index contributed by atoms with van der Waals surface area (Å²) in [7, 11) is -0.985. The molecule has 0 aliphatic rings. The largest absolute Gasteiger partial charge is 0.495 e.